The first kappa shape index (κ1) is 41.4. The quantitative estimate of drug-likeness (QED) is 0.122. The van der Waals surface area contributed by atoms with Gasteiger partial charge in [-0.05, 0) is 52.7 Å². The fourth-order valence-corrected chi connectivity index (χ4v) is 4.91. The van der Waals surface area contributed by atoms with Gasteiger partial charge in [-0.25, -0.2) is 14.6 Å². The molecule has 4 N–H and O–H groups in total. The molecule has 1 atom stereocenters. The topological polar surface area (TPSA) is 153 Å². The van der Waals surface area contributed by atoms with E-state index in [0.717, 1.165) is 80.0 Å². The second-order valence-corrected chi connectivity index (χ2v) is 11.6. The van der Waals surface area contributed by atoms with E-state index >= 15 is 0 Å². The van der Waals surface area contributed by atoms with Crippen molar-refractivity contribution in [2.24, 2.45) is 5.92 Å². The van der Waals surface area contributed by atoms with Gasteiger partial charge in [-0.2, -0.15) is 26.3 Å². The molecule has 1 amide bonds. The molecule has 0 bridgehead atoms. The van der Waals surface area contributed by atoms with E-state index < -0.39 is 24.3 Å². The van der Waals surface area contributed by atoms with E-state index in [0.29, 0.717) is 6.42 Å². The number of rotatable bonds is 11. The summed E-state index contributed by atoms with van der Waals surface area (Å²) in [4.78, 5) is 53.3. The number of carbonyl (C=O) groups excluding carboxylic acids is 2. The molecule has 1 aliphatic rings. The number of aromatic nitrogens is 2. The highest BCUT2D eigenvalue weighted by molar-refractivity contribution is 5.80. The molecular weight excluding hydrogens is 674 g/mol. The summed E-state index contributed by atoms with van der Waals surface area (Å²) < 4.78 is 63.5. The average molecular weight is 715 g/mol. The molecule has 50 heavy (non-hydrogen) atoms. The number of amides is 1. The molecule has 2 aromatic carbocycles. The van der Waals surface area contributed by atoms with Gasteiger partial charge in [0.1, 0.15) is 11.6 Å². The number of piperidine rings is 1. The van der Waals surface area contributed by atoms with E-state index in [1.54, 1.807) is 6.92 Å². The number of aliphatic carboxylic acids is 2. The Bertz CT molecular complexity index is 1440. The first-order valence-electron chi connectivity index (χ1n) is 15.7. The van der Waals surface area contributed by atoms with Gasteiger partial charge in [0.2, 0.25) is 5.91 Å². The Morgan fingerprint density at radius 3 is 1.78 bits per heavy atom. The monoisotopic (exact) mass is 714 g/mol. The molecule has 2 heterocycles. The van der Waals surface area contributed by atoms with Gasteiger partial charge in [-0.3, -0.25) is 4.79 Å². The second-order valence-electron chi connectivity index (χ2n) is 11.6. The van der Waals surface area contributed by atoms with Crippen LogP contribution in [-0.2, 0) is 19.2 Å². The van der Waals surface area contributed by atoms with Crippen LogP contribution in [0.15, 0.2) is 60.7 Å². The van der Waals surface area contributed by atoms with E-state index in [4.69, 9.17) is 24.8 Å². The molecule has 3 aromatic rings. The van der Waals surface area contributed by atoms with Crippen LogP contribution in [0.25, 0.3) is 22.5 Å². The van der Waals surface area contributed by atoms with Crippen LogP contribution in [-0.4, -0.2) is 81.2 Å². The van der Waals surface area contributed by atoms with Crippen LogP contribution >= 0.6 is 0 Å². The lowest BCUT2D eigenvalue weighted by molar-refractivity contribution is -0.193. The number of benzene rings is 2. The number of halogens is 6. The maximum atomic E-state index is 13.3. The van der Waals surface area contributed by atoms with Crippen molar-refractivity contribution in [3.05, 3.63) is 66.5 Å². The zero-order chi connectivity index (χ0) is 37.5. The molecule has 10 nitrogen and oxygen atoms in total. The number of carboxylic acid groups (broad SMARTS) is 2. The minimum absolute atomic E-state index is 0.0403. The Morgan fingerprint density at radius 2 is 1.32 bits per heavy atom. The smallest absolute Gasteiger partial charge is 0.475 e. The van der Waals surface area contributed by atoms with E-state index in [9.17, 15) is 35.9 Å². The predicted octanol–water partition coefficient (Wildman–Crippen LogP) is 7.05. The Labute approximate surface area is 284 Å². The lowest BCUT2D eigenvalue weighted by atomic mass is 9.95. The highest BCUT2D eigenvalue weighted by Gasteiger charge is 2.39. The van der Waals surface area contributed by atoms with Crippen molar-refractivity contribution in [1.29, 1.82) is 0 Å². The molecule has 1 aromatic heterocycles. The van der Waals surface area contributed by atoms with Gasteiger partial charge in [0.25, 0.3) is 0 Å². The lowest BCUT2D eigenvalue weighted by Crippen LogP contribution is -2.40. The van der Waals surface area contributed by atoms with Gasteiger partial charge < -0.3 is 30.2 Å². The number of imidazole rings is 1. The summed E-state index contributed by atoms with van der Waals surface area (Å²) in [6.07, 6.45) is -4.23. The van der Waals surface area contributed by atoms with Crippen molar-refractivity contribution in [1.82, 2.24) is 20.2 Å². The number of carboxylic acids is 2. The van der Waals surface area contributed by atoms with Crippen LogP contribution in [0.1, 0.15) is 63.7 Å². The van der Waals surface area contributed by atoms with E-state index in [1.807, 2.05) is 36.4 Å². The summed E-state index contributed by atoms with van der Waals surface area (Å²) >= 11 is 0. The van der Waals surface area contributed by atoms with Crippen molar-refractivity contribution < 1.29 is 55.7 Å². The molecule has 274 valence electrons. The number of alkyl halides is 6. The SMILES string of the molecule is CC(=O)CCCCCC(NC(=O)C1CCN(C)CC1)c1nc(-c2ccccc2)c(-c2ccccc2)[nH]1.O=C(O)C(F)(F)F.O=C(O)C(F)(F)F. The summed E-state index contributed by atoms with van der Waals surface area (Å²) in [5.74, 6) is -4.33. The third-order valence-electron chi connectivity index (χ3n) is 7.57. The summed E-state index contributed by atoms with van der Waals surface area (Å²) in [5, 5.41) is 17.6. The van der Waals surface area contributed by atoms with Gasteiger partial charge in [0.15, 0.2) is 0 Å². The number of nitrogens with one attached hydrogen (secondary N) is 2. The molecule has 4 rings (SSSR count). The first-order valence-corrected chi connectivity index (χ1v) is 15.7. The average Bonchev–Trinajstić information content (AvgIpc) is 3.50. The van der Waals surface area contributed by atoms with Crippen molar-refractivity contribution in [2.75, 3.05) is 20.1 Å². The number of hydrogen-bond acceptors (Lipinski definition) is 6. The minimum atomic E-state index is -5.08. The third-order valence-corrected chi connectivity index (χ3v) is 7.57. The summed E-state index contributed by atoms with van der Waals surface area (Å²) in [7, 11) is 2.11. The maximum Gasteiger partial charge on any atom is 0.490 e. The number of Topliss-reactive ketones (excluding diaryl/α,β-unsaturated/α-hetero) is 1. The number of H-pyrrole nitrogens is 1. The number of likely N-dealkylation sites (tertiary alicyclic amines) is 1. The number of carbonyl (C=O) groups is 4. The standard InChI is InChI=1S/C30H38N4O2.2C2HF3O2/c1-22(35)12-6-3-11-17-26(31-30(36)25-18-20-34(2)21-19-25)29-32-27(23-13-7-4-8-14-23)28(33-29)24-15-9-5-10-16-24;2*3-2(4,5)1(6)7/h4-5,7-10,13-16,25-26H,3,6,11-12,17-21H2,1-2H3,(H,31,36)(H,32,33);2*(H,6,7). The Kier molecular flexibility index (Phi) is 16.1. The fraction of sp³-hybridized carbons (Fsp3) is 0.441. The number of nitrogens with zero attached hydrogens (tertiary/aromatic N) is 2. The highest BCUT2D eigenvalue weighted by atomic mass is 19.4. The lowest BCUT2D eigenvalue weighted by Gasteiger charge is -2.29. The molecule has 1 saturated heterocycles. The Balaban J connectivity index is 0.000000521. The largest absolute Gasteiger partial charge is 0.490 e. The number of aromatic amines is 1. The molecule has 0 radical (unpaired) electrons. The summed E-state index contributed by atoms with van der Waals surface area (Å²) in [6, 6.07) is 20.2. The van der Waals surface area contributed by atoms with Crippen molar-refractivity contribution in [3.63, 3.8) is 0 Å². The van der Waals surface area contributed by atoms with Gasteiger partial charge in [-0.1, -0.05) is 73.5 Å². The number of unbranched alkanes of at least 4 members (excludes halogenated alkanes) is 2. The molecule has 1 aliphatic heterocycles. The minimum Gasteiger partial charge on any atom is -0.475 e. The number of hydrogen-bond donors (Lipinski definition) is 4. The summed E-state index contributed by atoms with van der Waals surface area (Å²) in [6.45, 7) is 3.54. The Morgan fingerprint density at radius 1 is 0.840 bits per heavy atom. The third kappa shape index (κ3) is 14.4. The van der Waals surface area contributed by atoms with E-state index in [-0.39, 0.29) is 23.7 Å². The zero-order valence-electron chi connectivity index (χ0n) is 27.5. The Hall–Kier alpha value is -4.73. The van der Waals surface area contributed by atoms with Crippen LogP contribution < -0.4 is 5.32 Å². The molecule has 0 spiro atoms. The van der Waals surface area contributed by atoms with Gasteiger partial charge in [-0.15, -0.1) is 0 Å². The maximum absolute atomic E-state index is 13.3. The fourth-order valence-electron chi connectivity index (χ4n) is 4.91. The van der Waals surface area contributed by atoms with Crippen LogP contribution in [0.5, 0.6) is 0 Å². The van der Waals surface area contributed by atoms with E-state index in [1.165, 1.54) is 0 Å². The highest BCUT2D eigenvalue weighted by Crippen LogP contribution is 2.33. The summed E-state index contributed by atoms with van der Waals surface area (Å²) in [5.41, 5.74) is 3.97. The second kappa shape index (κ2) is 19.5. The molecular formula is C34H40F6N4O6. The van der Waals surface area contributed by atoms with Crippen LogP contribution in [0.2, 0.25) is 0 Å². The molecule has 16 heteroatoms. The van der Waals surface area contributed by atoms with Crippen molar-refractivity contribution in [2.45, 2.75) is 70.3 Å². The van der Waals surface area contributed by atoms with Crippen molar-refractivity contribution >= 4 is 23.6 Å². The molecule has 1 fully saturated rings. The van der Waals surface area contributed by atoms with Crippen LogP contribution in [0, 0.1) is 5.92 Å². The van der Waals surface area contributed by atoms with Gasteiger partial charge in [0.05, 0.1) is 17.4 Å². The van der Waals surface area contributed by atoms with Gasteiger partial charge >= 0.3 is 24.3 Å². The normalized spacial score (nSPS) is 14.3. The van der Waals surface area contributed by atoms with Crippen LogP contribution in [0.4, 0.5) is 26.3 Å². The number of ketones is 1. The molecule has 1 unspecified atom stereocenters. The van der Waals surface area contributed by atoms with E-state index in [2.05, 4.69) is 46.5 Å². The molecule has 0 aliphatic carbocycles. The van der Waals surface area contributed by atoms with Gasteiger partial charge in [0, 0.05) is 23.5 Å². The zero-order valence-corrected chi connectivity index (χ0v) is 27.5. The van der Waals surface area contributed by atoms with Crippen molar-refractivity contribution in [3.8, 4) is 22.5 Å². The van der Waals surface area contributed by atoms with Crippen LogP contribution in [0.3, 0.4) is 0 Å². The predicted molar refractivity (Wildman–Crippen MR) is 172 cm³/mol. The molecule has 0 saturated carbocycles. The first-order chi connectivity index (χ1) is 23.4.